The van der Waals surface area contributed by atoms with Crippen LogP contribution in [-0.4, -0.2) is 19.1 Å². The Labute approximate surface area is 115 Å². The third-order valence-electron chi connectivity index (χ3n) is 3.16. The first-order valence-corrected chi connectivity index (χ1v) is 6.78. The summed E-state index contributed by atoms with van der Waals surface area (Å²) in [7, 11) is 1.63. The monoisotopic (exact) mass is 264 g/mol. The van der Waals surface area contributed by atoms with Gasteiger partial charge in [-0.3, -0.25) is 4.79 Å². The molecule has 106 valence electrons. The van der Waals surface area contributed by atoms with E-state index in [1.165, 1.54) is 0 Å². The van der Waals surface area contributed by atoms with Crippen LogP contribution in [-0.2, 0) is 4.79 Å². The van der Waals surface area contributed by atoms with E-state index in [-0.39, 0.29) is 11.9 Å². The van der Waals surface area contributed by atoms with Gasteiger partial charge < -0.3 is 15.8 Å². The molecular weight excluding hydrogens is 240 g/mol. The molecular formula is C15H24N2O2. The molecule has 2 atom stereocenters. The smallest absolute Gasteiger partial charge is 0.237 e. The minimum atomic E-state index is -0.423. The number of carbonyl (C=O) groups excluding carboxylic acids is 1. The molecule has 0 saturated carbocycles. The number of amides is 1. The summed E-state index contributed by atoms with van der Waals surface area (Å²) >= 11 is 0. The lowest BCUT2D eigenvalue weighted by molar-refractivity contribution is -0.123. The number of hydrogen-bond donors (Lipinski definition) is 2. The molecule has 0 aromatic heterocycles. The SMILES string of the molecule is CCCCC(N)C(=O)N[C@@H](C)c1cccc(OC)c1. The van der Waals surface area contributed by atoms with Crippen LogP contribution in [0.3, 0.4) is 0 Å². The number of unbranched alkanes of at least 4 members (excludes halogenated alkanes) is 1. The van der Waals surface area contributed by atoms with Gasteiger partial charge in [-0.05, 0) is 31.0 Å². The van der Waals surface area contributed by atoms with Crippen LogP contribution < -0.4 is 15.8 Å². The van der Waals surface area contributed by atoms with Gasteiger partial charge in [0.05, 0.1) is 19.2 Å². The van der Waals surface area contributed by atoms with Crippen LogP contribution in [0.1, 0.15) is 44.7 Å². The Balaban J connectivity index is 2.58. The van der Waals surface area contributed by atoms with Crippen LogP contribution in [0.2, 0.25) is 0 Å². The summed E-state index contributed by atoms with van der Waals surface area (Å²) in [6.45, 7) is 4.03. The van der Waals surface area contributed by atoms with E-state index in [1.54, 1.807) is 7.11 Å². The van der Waals surface area contributed by atoms with Crippen molar-refractivity contribution in [1.82, 2.24) is 5.32 Å². The van der Waals surface area contributed by atoms with E-state index in [4.69, 9.17) is 10.5 Å². The first-order chi connectivity index (χ1) is 9.08. The topological polar surface area (TPSA) is 64.4 Å². The molecule has 1 unspecified atom stereocenters. The molecule has 0 aliphatic rings. The zero-order valence-corrected chi connectivity index (χ0v) is 12.0. The van der Waals surface area contributed by atoms with Crippen molar-refractivity contribution >= 4 is 5.91 Å². The van der Waals surface area contributed by atoms with Crippen LogP contribution in [0.15, 0.2) is 24.3 Å². The number of benzene rings is 1. The van der Waals surface area contributed by atoms with Gasteiger partial charge in [0.2, 0.25) is 5.91 Å². The van der Waals surface area contributed by atoms with E-state index < -0.39 is 6.04 Å². The second-order valence-electron chi connectivity index (χ2n) is 4.76. The third-order valence-corrected chi connectivity index (χ3v) is 3.16. The molecule has 1 aromatic carbocycles. The summed E-state index contributed by atoms with van der Waals surface area (Å²) in [6, 6.07) is 7.18. The molecule has 0 heterocycles. The first-order valence-electron chi connectivity index (χ1n) is 6.78. The largest absolute Gasteiger partial charge is 0.497 e. The summed E-state index contributed by atoms with van der Waals surface area (Å²) in [5.74, 6) is 0.692. The predicted molar refractivity (Wildman–Crippen MR) is 77.1 cm³/mol. The Morgan fingerprint density at radius 2 is 2.21 bits per heavy atom. The molecule has 0 fully saturated rings. The molecule has 0 spiro atoms. The highest BCUT2D eigenvalue weighted by molar-refractivity contribution is 5.81. The third kappa shape index (κ3) is 4.91. The number of ether oxygens (including phenoxy) is 1. The normalized spacial score (nSPS) is 13.7. The van der Waals surface area contributed by atoms with Crippen molar-refractivity contribution < 1.29 is 9.53 Å². The standard InChI is InChI=1S/C15H24N2O2/c1-4-5-9-14(16)15(18)17-11(2)12-7-6-8-13(10-12)19-3/h6-8,10-11,14H,4-5,9,16H2,1-3H3,(H,17,18)/t11-,14?/m0/s1. The van der Waals surface area contributed by atoms with Gasteiger partial charge in [0, 0.05) is 0 Å². The van der Waals surface area contributed by atoms with Crippen molar-refractivity contribution in [2.45, 2.75) is 45.2 Å². The lowest BCUT2D eigenvalue weighted by Crippen LogP contribution is -2.41. The van der Waals surface area contributed by atoms with Crippen LogP contribution in [0.4, 0.5) is 0 Å². The van der Waals surface area contributed by atoms with Crippen molar-refractivity contribution in [2.75, 3.05) is 7.11 Å². The van der Waals surface area contributed by atoms with Gasteiger partial charge >= 0.3 is 0 Å². The zero-order valence-electron chi connectivity index (χ0n) is 12.0. The van der Waals surface area contributed by atoms with Crippen molar-refractivity contribution in [3.63, 3.8) is 0 Å². The fraction of sp³-hybridized carbons (Fsp3) is 0.533. The molecule has 4 heteroatoms. The van der Waals surface area contributed by atoms with E-state index in [9.17, 15) is 4.79 Å². The Kier molecular flexibility index (Phi) is 6.36. The second-order valence-corrected chi connectivity index (χ2v) is 4.76. The molecule has 0 aliphatic heterocycles. The molecule has 0 aliphatic carbocycles. The van der Waals surface area contributed by atoms with E-state index in [0.29, 0.717) is 0 Å². The maximum absolute atomic E-state index is 11.9. The van der Waals surface area contributed by atoms with Crippen molar-refractivity contribution in [3.8, 4) is 5.75 Å². The summed E-state index contributed by atoms with van der Waals surface area (Å²) < 4.78 is 5.17. The molecule has 4 nitrogen and oxygen atoms in total. The van der Waals surface area contributed by atoms with Crippen LogP contribution in [0, 0.1) is 0 Å². The van der Waals surface area contributed by atoms with E-state index in [2.05, 4.69) is 12.2 Å². The van der Waals surface area contributed by atoms with Gasteiger partial charge in [-0.15, -0.1) is 0 Å². The summed E-state index contributed by atoms with van der Waals surface area (Å²) in [5.41, 5.74) is 6.86. The van der Waals surface area contributed by atoms with Gasteiger partial charge in [-0.25, -0.2) is 0 Å². The quantitative estimate of drug-likeness (QED) is 0.794. The summed E-state index contributed by atoms with van der Waals surface area (Å²) in [5, 5.41) is 2.94. The number of methoxy groups -OCH3 is 1. The number of nitrogens with one attached hydrogen (secondary N) is 1. The Bertz CT molecular complexity index is 407. The minimum absolute atomic E-state index is 0.0738. The fourth-order valence-electron chi connectivity index (χ4n) is 1.87. The maximum Gasteiger partial charge on any atom is 0.237 e. The van der Waals surface area contributed by atoms with E-state index >= 15 is 0 Å². The van der Waals surface area contributed by atoms with Gasteiger partial charge in [0.25, 0.3) is 0 Å². The first kappa shape index (κ1) is 15.5. The number of rotatable bonds is 7. The highest BCUT2D eigenvalue weighted by Gasteiger charge is 2.16. The van der Waals surface area contributed by atoms with Gasteiger partial charge in [-0.2, -0.15) is 0 Å². The van der Waals surface area contributed by atoms with E-state index in [0.717, 1.165) is 30.6 Å². The van der Waals surface area contributed by atoms with Crippen LogP contribution in [0.25, 0.3) is 0 Å². The maximum atomic E-state index is 11.9. The second kappa shape index (κ2) is 7.79. The molecule has 1 amide bonds. The van der Waals surface area contributed by atoms with Crippen molar-refractivity contribution in [1.29, 1.82) is 0 Å². The zero-order chi connectivity index (χ0) is 14.3. The lowest BCUT2D eigenvalue weighted by atomic mass is 10.1. The minimum Gasteiger partial charge on any atom is -0.497 e. The molecule has 0 radical (unpaired) electrons. The number of nitrogens with two attached hydrogens (primary N) is 1. The molecule has 1 aromatic rings. The summed E-state index contributed by atoms with van der Waals surface area (Å²) in [4.78, 5) is 11.9. The lowest BCUT2D eigenvalue weighted by Gasteiger charge is -2.18. The highest BCUT2D eigenvalue weighted by Crippen LogP contribution is 2.18. The van der Waals surface area contributed by atoms with Gasteiger partial charge in [0.15, 0.2) is 0 Å². The van der Waals surface area contributed by atoms with Gasteiger partial charge in [-0.1, -0.05) is 31.9 Å². The van der Waals surface area contributed by atoms with Crippen molar-refractivity contribution in [3.05, 3.63) is 29.8 Å². The average Bonchev–Trinajstić information content (AvgIpc) is 2.44. The molecule has 0 saturated heterocycles. The Hall–Kier alpha value is -1.55. The molecule has 3 N–H and O–H groups in total. The van der Waals surface area contributed by atoms with Crippen LogP contribution in [0.5, 0.6) is 5.75 Å². The van der Waals surface area contributed by atoms with E-state index in [1.807, 2.05) is 31.2 Å². The molecule has 19 heavy (non-hydrogen) atoms. The average molecular weight is 264 g/mol. The van der Waals surface area contributed by atoms with Gasteiger partial charge in [0.1, 0.15) is 5.75 Å². The molecule has 1 rings (SSSR count). The Morgan fingerprint density at radius 1 is 1.47 bits per heavy atom. The summed E-state index contributed by atoms with van der Waals surface area (Å²) in [6.07, 6.45) is 2.75. The highest BCUT2D eigenvalue weighted by atomic mass is 16.5. The molecule has 0 bridgehead atoms. The number of hydrogen-bond acceptors (Lipinski definition) is 3. The fourth-order valence-corrected chi connectivity index (χ4v) is 1.87. The number of carbonyl (C=O) groups is 1. The van der Waals surface area contributed by atoms with Crippen molar-refractivity contribution in [2.24, 2.45) is 5.73 Å². The van der Waals surface area contributed by atoms with Crippen LogP contribution >= 0.6 is 0 Å². The Morgan fingerprint density at radius 3 is 2.84 bits per heavy atom. The predicted octanol–water partition coefficient (Wildman–Crippen LogP) is 2.39.